The van der Waals surface area contributed by atoms with Gasteiger partial charge in [-0.05, 0) is 24.6 Å². The van der Waals surface area contributed by atoms with Crippen molar-refractivity contribution in [3.05, 3.63) is 35.4 Å². The molecular formula is C10H8F2N2O. The van der Waals surface area contributed by atoms with E-state index >= 15 is 0 Å². The number of halogens is 2. The monoisotopic (exact) mass is 210 g/mol. The summed E-state index contributed by atoms with van der Waals surface area (Å²) in [7, 11) is 0. The number of nitrogens with zero attached hydrogens (tertiary/aromatic N) is 1. The normalized spacial score (nSPS) is 24.3. The number of carbonyl (C=O) groups excluding carboxylic acids is 1. The Kier molecular flexibility index (Phi) is 2.03. The molecule has 1 aliphatic heterocycles. The fourth-order valence-electron chi connectivity index (χ4n) is 1.44. The number of nitrogens with one attached hydrogen (secondary N) is 1. The van der Waals surface area contributed by atoms with Gasteiger partial charge >= 0.3 is 6.03 Å². The van der Waals surface area contributed by atoms with Crippen LogP contribution < -0.4 is 5.32 Å². The molecule has 0 aliphatic carbocycles. The number of urea groups is 1. The van der Waals surface area contributed by atoms with E-state index in [1.54, 1.807) is 6.92 Å². The Labute approximate surface area is 84.8 Å². The van der Waals surface area contributed by atoms with Gasteiger partial charge in [-0.3, -0.25) is 0 Å². The summed E-state index contributed by atoms with van der Waals surface area (Å²) < 4.78 is 25.7. The molecule has 1 N–H and O–H groups in total. The molecule has 1 atom stereocenters. The minimum atomic E-state index is -0.941. The number of rotatable bonds is 1. The first-order valence-corrected chi connectivity index (χ1v) is 4.34. The predicted molar refractivity (Wildman–Crippen MR) is 50.7 cm³/mol. The first kappa shape index (κ1) is 9.76. The lowest BCUT2D eigenvalue weighted by atomic mass is 9.94. The molecule has 0 aromatic heterocycles. The third-order valence-corrected chi connectivity index (χ3v) is 2.33. The molecule has 2 rings (SSSR count). The topological polar surface area (TPSA) is 41.5 Å². The zero-order valence-corrected chi connectivity index (χ0v) is 7.92. The quantitative estimate of drug-likeness (QED) is 0.756. The van der Waals surface area contributed by atoms with Gasteiger partial charge in [-0.25, -0.2) is 18.6 Å². The maximum atomic E-state index is 13.0. The number of benzene rings is 1. The van der Waals surface area contributed by atoms with E-state index in [0.29, 0.717) is 5.56 Å². The SMILES string of the molecule is C[C@]1(c2ccc(F)c(F)c2)C=NC(=O)N1. The maximum Gasteiger partial charge on any atom is 0.341 e. The van der Waals surface area contributed by atoms with E-state index in [-0.39, 0.29) is 0 Å². The first-order valence-electron chi connectivity index (χ1n) is 4.34. The van der Waals surface area contributed by atoms with Crippen molar-refractivity contribution < 1.29 is 13.6 Å². The summed E-state index contributed by atoms with van der Waals surface area (Å²) in [6, 6.07) is 3.00. The Balaban J connectivity index is 2.42. The summed E-state index contributed by atoms with van der Waals surface area (Å²) in [5.74, 6) is -1.85. The third kappa shape index (κ3) is 1.60. The van der Waals surface area contributed by atoms with Crippen LogP contribution in [0.5, 0.6) is 0 Å². The van der Waals surface area contributed by atoms with Crippen LogP contribution in [0.4, 0.5) is 13.6 Å². The lowest BCUT2D eigenvalue weighted by Gasteiger charge is -2.21. The standard InChI is InChI=1S/C10H8F2N2O/c1-10(5-13-9(15)14-10)6-2-3-7(11)8(12)4-6/h2-5H,1H3,(H,14,15)/t10-/m1/s1. The van der Waals surface area contributed by atoms with Crippen LogP contribution >= 0.6 is 0 Å². The van der Waals surface area contributed by atoms with Crippen LogP contribution in [-0.2, 0) is 5.54 Å². The number of hydrogen-bond donors (Lipinski definition) is 1. The van der Waals surface area contributed by atoms with Crippen molar-refractivity contribution >= 4 is 12.2 Å². The number of aliphatic imine (C=N–C) groups is 1. The second-order valence-electron chi connectivity index (χ2n) is 3.52. The molecule has 0 saturated carbocycles. The van der Waals surface area contributed by atoms with Crippen LogP contribution in [0.15, 0.2) is 23.2 Å². The number of amides is 2. The van der Waals surface area contributed by atoms with Crippen LogP contribution in [-0.4, -0.2) is 12.2 Å². The zero-order valence-electron chi connectivity index (χ0n) is 7.92. The molecule has 1 aromatic carbocycles. The van der Waals surface area contributed by atoms with E-state index in [1.807, 2.05) is 0 Å². The summed E-state index contributed by atoms with van der Waals surface area (Å²) in [5, 5.41) is 2.54. The van der Waals surface area contributed by atoms with Crippen molar-refractivity contribution in [2.75, 3.05) is 0 Å². The van der Waals surface area contributed by atoms with Crippen LogP contribution in [0.1, 0.15) is 12.5 Å². The Morgan fingerprint density at radius 2 is 2.07 bits per heavy atom. The highest BCUT2D eigenvalue weighted by Crippen LogP contribution is 2.23. The van der Waals surface area contributed by atoms with Crippen molar-refractivity contribution in [1.29, 1.82) is 0 Å². The molecule has 1 aromatic rings. The fraction of sp³-hybridized carbons (Fsp3) is 0.200. The van der Waals surface area contributed by atoms with Crippen molar-refractivity contribution in [1.82, 2.24) is 5.32 Å². The summed E-state index contributed by atoms with van der Waals surface area (Å²) in [6.45, 7) is 1.66. The predicted octanol–water partition coefficient (Wildman–Crippen LogP) is 1.97. The largest absolute Gasteiger partial charge is 0.341 e. The zero-order chi connectivity index (χ0) is 11.1. The van der Waals surface area contributed by atoms with E-state index in [9.17, 15) is 13.6 Å². The van der Waals surface area contributed by atoms with Gasteiger partial charge in [0.25, 0.3) is 0 Å². The summed E-state index contributed by atoms with van der Waals surface area (Å²) in [4.78, 5) is 14.4. The van der Waals surface area contributed by atoms with Crippen molar-refractivity contribution in [3.8, 4) is 0 Å². The van der Waals surface area contributed by atoms with Gasteiger partial charge in [0.15, 0.2) is 11.6 Å². The third-order valence-electron chi connectivity index (χ3n) is 2.33. The smallest absolute Gasteiger partial charge is 0.322 e. The van der Waals surface area contributed by atoms with E-state index in [2.05, 4.69) is 10.3 Å². The molecule has 0 bridgehead atoms. The first-order chi connectivity index (χ1) is 7.01. The summed E-state index contributed by atoms with van der Waals surface area (Å²) >= 11 is 0. The molecule has 78 valence electrons. The summed E-state index contributed by atoms with van der Waals surface area (Å²) in [5.41, 5.74) is -0.401. The molecule has 3 nitrogen and oxygen atoms in total. The Morgan fingerprint density at radius 1 is 1.33 bits per heavy atom. The van der Waals surface area contributed by atoms with Crippen LogP contribution in [0.25, 0.3) is 0 Å². The van der Waals surface area contributed by atoms with Gasteiger partial charge in [0.2, 0.25) is 0 Å². The Hall–Kier alpha value is -1.78. The minimum Gasteiger partial charge on any atom is -0.322 e. The van der Waals surface area contributed by atoms with Crippen LogP contribution in [0.2, 0.25) is 0 Å². The van der Waals surface area contributed by atoms with E-state index < -0.39 is 23.2 Å². The molecule has 0 unspecified atom stereocenters. The number of hydrogen-bond acceptors (Lipinski definition) is 1. The molecule has 0 spiro atoms. The van der Waals surface area contributed by atoms with Crippen molar-refractivity contribution in [3.63, 3.8) is 0 Å². The molecule has 0 radical (unpaired) electrons. The van der Waals surface area contributed by atoms with E-state index in [4.69, 9.17) is 0 Å². The lowest BCUT2D eigenvalue weighted by molar-refractivity contribution is 0.247. The highest BCUT2D eigenvalue weighted by atomic mass is 19.2. The van der Waals surface area contributed by atoms with Gasteiger partial charge in [-0.2, -0.15) is 0 Å². The lowest BCUT2D eigenvalue weighted by Crippen LogP contribution is -2.38. The highest BCUT2D eigenvalue weighted by Gasteiger charge is 2.31. The van der Waals surface area contributed by atoms with Gasteiger partial charge in [0.05, 0.1) is 5.54 Å². The van der Waals surface area contributed by atoms with Gasteiger partial charge in [0, 0.05) is 6.21 Å². The maximum absolute atomic E-state index is 13.0. The van der Waals surface area contributed by atoms with E-state index in [0.717, 1.165) is 12.1 Å². The van der Waals surface area contributed by atoms with E-state index in [1.165, 1.54) is 12.3 Å². The van der Waals surface area contributed by atoms with Crippen LogP contribution in [0.3, 0.4) is 0 Å². The van der Waals surface area contributed by atoms with Crippen molar-refractivity contribution in [2.24, 2.45) is 4.99 Å². The van der Waals surface area contributed by atoms with Gasteiger partial charge in [-0.15, -0.1) is 0 Å². The molecule has 2 amide bonds. The molecular weight excluding hydrogens is 202 g/mol. The average molecular weight is 210 g/mol. The van der Waals surface area contributed by atoms with Gasteiger partial charge in [-0.1, -0.05) is 6.07 Å². The van der Waals surface area contributed by atoms with Crippen molar-refractivity contribution in [2.45, 2.75) is 12.5 Å². The average Bonchev–Trinajstić information content (AvgIpc) is 2.52. The fourth-order valence-corrected chi connectivity index (χ4v) is 1.44. The molecule has 15 heavy (non-hydrogen) atoms. The van der Waals surface area contributed by atoms with Gasteiger partial charge < -0.3 is 5.32 Å². The molecule has 5 heteroatoms. The van der Waals surface area contributed by atoms with Crippen LogP contribution in [0, 0.1) is 11.6 Å². The minimum absolute atomic E-state index is 0.455. The number of carbonyl (C=O) groups is 1. The molecule has 0 saturated heterocycles. The van der Waals surface area contributed by atoms with Gasteiger partial charge in [0.1, 0.15) is 0 Å². The Bertz CT molecular complexity index is 459. The highest BCUT2D eigenvalue weighted by molar-refractivity contribution is 5.96. The second kappa shape index (κ2) is 3.12. The summed E-state index contributed by atoms with van der Waals surface area (Å²) in [6.07, 6.45) is 1.38. The second-order valence-corrected chi connectivity index (χ2v) is 3.52. The molecule has 1 aliphatic rings. The molecule has 0 fully saturated rings. The Morgan fingerprint density at radius 3 is 2.60 bits per heavy atom. The molecule has 1 heterocycles.